The lowest BCUT2D eigenvalue weighted by Gasteiger charge is -2.61. The van der Waals surface area contributed by atoms with Crippen molar-refractivity contribution in [2.45, 2.75) is 51.0 Å². The molecule has 3 nitrogen and oxygen atoms in total. The van der Waals surface area contributed by atoms with Gasteiger partial charge in [0, 0.05) is 30.0 Å². The lowest BCUT2D eigenvalue weighted by atomic mass is 9.52. The van der Waals surface area contributed by atoms with Gasteiger partial charge in [-0.2, -0.15) is 0 Å². The number of hydrogen-bond donors (Lipinski definition) is 1. The van der Waals surface area contributed by atoms with Gasteiger partial charge in [0.25, 0.3) is 0 Å². The number of nitrogens with two attached hydrogens (primary N) is 1. The molecule has 0 radical (unpaired) electrons. The van der Waals surface area contributed by atoms with Crippen LogP contribution < -0.4 is 10.6 Å². The number of pyridine rings is 1. The van der Waals surface area contributed by atoms with Crippen molar-refractivity contribution in [2.24, 2.45) is 17.8 Å². The van der Waals surface area contributed by atoms with Gasteiger partial charge in [-0.1, -0.05) is 0 Å². The minimum atomic E-state index is 0.414. The van der Waals surface area contributed by atoms with E-state index in [1.165, 1.54) is 44.2 Å². The van der Waals surface area contributed by atoms with Gasteiger partial charge in [0.15, 0.2) is 0 Å². The third-order valence-electron chi connectivity index (χ3n) is 5.97. The molecule has 1 aromatic heterocycles. The van der Waals surface area contributed by atoms with Crippen LogP contribution in [0.4, 0.5) is 11.5 Å². The Hall–Kier alpha value is -1.25. The van der Waals surface area contributed by atoms with Gasteiger partial charge < -0.3 is 10.6 Å². The molecule has 0 aromatic carbocycles. The Morgan fingerprint density at radius 3 is 2.30 bits per heavy atom. The zero-order valence-electron chi connectivity index (χ0n) is 12.4. The van der Waals surface area contributed by atoms with Crippen LogP contribution >= 0.6 is 0 Å². The van der Waals surface area contributed by atoms with Gasteiger partial charge in [-0.3, -0.25) is 0 Å². The molecule has 5 rings (SSSR count). The highest BCUT2D eigenvalue weighted by Gasteiger charge is 2.53. The average molecular weight is 271 g/mol. The van der Waals surface area contributed by atoms with Gasteiger partial charge in [0.1, 0.15) is 5.82 Å². The van der Waals surface area contributed by atoms with E-state index < -0.39 is 0 Å². The third kappa shape index (κ3) is 1.82. The molecule has 0 unspecified atom stereocenters. The number of rotatable bonds is 3. The van der Waals surface area contributed by atoms with E-state index in [9.17, 15) is 0 Å². The Balaban J connectivity index is 1.70. The first-order valence-electron chi connectivity index (χ1n) is 8.18. The summed E-state index contributed by atoms with van der Waals surface area (Å²) in [6.45, 7) is 3.37. The number of hydrogen-bond acceptors (Lipinski definition) is 3. The summed E-state index contributed by atoms with van der Waals surface area (Å²) in [4.78, 5) is 6.80. The van der Waals surface area contributed by atoms with E-state index in [-0.39, 0.29) is 0 Å². The van der Waals surface area contributed by atoms with Crippen LogP contribution in [0.25, 0.3) is 0 Å². The van der Waals surface area contributed by atoms with Crippen LogP contribution in [-0.4, -0.2) is 17.1 Å². The largest absolute Gasteiger partial charge is 0.384 e. The Kier molecular flexibility index (Phi) is 2.73. The molecular formula is C17H25N3. The van der Waals surface area contributed by atoms with Crippen LogP contribution in [0.3, 0.4) is 0 Å². The lowest BCUT2D eigenvalue weighted by Crippen LogP contribution is -2.60. The van der Waals surface area contributed by atoms with Crippen LogP contribution in [-0.2, 0) is 0 Å². The Labute approximate surface area is 121 Å². The maximum Gasteiger partial charge on any atom is 0.125 e. The summed E-state index contributed by atoms with van der Waals surface area (Å²) in [6, 6.07) is 4.19. The van der Waals surface area contributed by atoms with E-state index in [4.69, 9.17) is 5.73 Å². The molecule has 3 heteroatoms. The monoisotopic (exact) mass is 271 g/mol. The number of nitrogen functional groups attached to an aromatic ring is 1. The van der Waals surface area contributed by atoms with Crippen LogP contribution in [0, 0.1) is 17.8 Å². The third-order valence-corrected chi connectivity index (χ3v) is 5.97. The highest BCUT2D eigenvalue weighted by atomic mass is 15.2. The first kappa shape index (κ1) is 12.5. The smallest absolute Gasteiger partial charge is 0.125 e. The van der Waals surface area contributed by atoms with Crippen molar-refractivity contribution in [2.75, 3.05) is 17.2 Å². The quantitative estimate of drug-likeness (QED) is 0.915. The number of aromatic nitrogens is 1. The van der Waals surface area contributed by atoms with Gasteiger partial charge >= 0.3 is 0 Å². The van der Waals surface area contributed by atoms with Crippen molar-refractivity contribution >= 4 is 11.5 Å². The van der Waals surface area contributed by atoms with Gasteiger partial charge in [0.05, 0.1) is 0 Å². The van der Waals surface area contributed by atoms with E-state index in [1.807, 2.05) is 6.20 Å². The zero-order chi connectivity index (χ0) is 13.7. The Morgan fingerprint density at radius 1 is 1.20 bits per heavy atom. The predicted octanol–water partition coefficient (Wildman–Crippen LogP) is 3.46. The van der Waals surface area contributed by atoms with E-state index >= 15 is 0 Å². The molecule has 4 bridgehead atoms. The summed E-state index contributed by atoms with van der Waals surface area (Å²) in [7, 11) is 0. The number of anilines is 2. The van der Waals surface area contributed by atoms with E-state index in [1.54, 1.807) is 0 Å². The molecule has 0 amide bonds. The van der Waals surface area contributed by atoms with Crippen molar-refractivity contribution in [1.29, 1.82) is 0 Å². The highest BCUT2D eigenvalue weighted by Crippen LogP contribution is 2.58. The standard InChI is InChI=1S/C17H25N3/c1-2-20(15-3-4-19-16(18)8-15)17-9-12-5-13(10-17)7-14(6-12)11-17/h3-4,8,12-14H,2,5-7,9-11H2,1H3,(H2,18,19). The van der Waals surface area contributed by atoms with E-state index in [2.05, 4.69) is 28.9 Å². The maximum atomic E-state index is 5.90. The SMILES string of the molecule is CCN(c1ccnc(N)c1)C12CC3CC(CC(C3)C1)C2. The summed E-state index contributed by atoms with van der Waals surface area (Å²) in [5, 5.41) is 0. The second kappa shape index (κ2) is 4.37. The molecule has 4 fully saturated rings. The average Bonchev–Trinajstić information content (AvgIpc) is 2.37. The van der Waals surface area contributed by atoms with Crippen molar-refractivity contribution in [3.8, 4) is 0 Å². The summed E-state index contributed by atoms with van der Waals surface area (Å²) in [6.07, 6.45) is 10.5. The molecule has 4 aliphatic carbocycles. The molecule has 0 aliphatic heterocycles. The fourth-order valence-corrected chi connectivity index (χ4v) is 5.79. The molecule has 2 N–H and O–H groups in total. The van der Waals surface area contributed by atoms with Gasteiger partial charge in [0.2, 0.25) is 0 Å². The second-order valence-electron chi connectivity index (χ2n) is 7.33. The van der Waals surface area contributed by atoms with Crippen LogP contribution in [0.2, 0.25) is 0 Å². The maximum absolute atomic E-state index is 5.90. The fraction of sp³-hybridized carbons (Fsp3) is 0.706. The molecule has 20 heavy (non-hydrogen) atoms. The summed E-state index contributed by atoms with van der Waals surface area (Å²) >= 11 is 0. The molecule has 4 saturated carbocycles. The van der Waals surface area contributed by atoms with E-state index in [0.29, 0.717) is 11.4 Å². The first-order valence-corrected chi connectivity index (χ1v) is 8.18. The Morgan fingerprint density at radius 2 is 1.80 bits per heavy atom. The lowest BCUT2D eigenvalue weighted by molar-refractivity contribution is -0.00388. The summed E-state index contributed by atoms with van der Waals surface area (Å²) in [5.74, 6) is 3.59. The molecule has 0 spiro atoms. The van der Waals surface area contributed by atoms with Crippen molar-refractivity contribution in [3.63, 3.8) is 0 Å². The van der Waals surface area contributed by atoms with Crippen molar-refractivity contribution in [1.82, 2.24) is 4.98 Å². The Bertz CT molecular complexity index is 475. The van der Waals surface area contributed by atoms with Crippen LogP contribution in [0.5, 0.6) is 0 Å². The molecule has 1 heterocycles. The molecule has 108 valence electrons. The molecule has 4 aliphatic rings. The fourth-order valence-electron chi connectivity index (χ4n) is 5.79. The van der Waals surface area contributed by atoms with Crippen molar-refractivity contribution < 1.29 is 0 Å². The summed E-state index contributed by atoms with van der Waals surface area (Å²) < 4.78 is 0. The molecular weight excluding hydrogens is 246 g/mol. The normalized spacial score (nSPS) is 38.1. The molecule has 0 atom stereocenters. The molecule has 0 saturated heterocycles. The summed E-state index contributed by atoms with van der Waals surface area (Å²) in [5.41, 5.74) is 7.60. The molecule has 1 aromatic rings. The number of nitrogens with zero attached hydrogens (tertiary/aromatic N) is 2. The minimum Gasteiger partial charge on any atom is -0.384 e. The second-order valence-corrected chi connectivity index (χ2v) is 7.33. The minimum absolute atomic E-state index is 0.414. The topological polar surface area (TPSA) is 42.2 Å². The van der Waals surface area contributed by atoms with Crippen LogP contribution in [0.1, 0.15) is 45.4 Å². The van der Waals surface area contributed by atoms with Gasteiger partial charge in [-0.05, 0) is 69.3 Å². The first-order chi connectivity index (χ1) is 9.68. The van der Waals surface area contributed by atoms with Crippen molar-refractivity contribution in [3.05, 3.63) is 18.3 Å². The highest BCUT2D eigenvalue weighted by molar-refractivity contribution is 5.54. The van der Waals surface area contributed by atoms with Gasteiger partial charge in [-0.25, -0.2) is 4.98 Å². The van der Waals surface area contributed by atoms with E-state index in [0.717, 1.165) is 24.3 Å². The van der Waals surface area contributed by atoms with Crippen LogP contribution in [0.15, 0.2) is 18.3 Å². The van der Waals surface area contributed by atoms with Gasteiger partial charge in [-0.15, -0.1) is 0 Å². The predicted molar refractivity (Wildman–Crippen MR) is 82.6 cm³/mol. The zero-order valence-corrected chi connectivity index (χ0v) is 12.4.